The number of nitrogens with one attached hydrogen (secondary N) is 2. The lowest BCUT2D eigenvalue weighted by Crippen LogP contribution is -2.45. The number of carbonyl (C=O) groups is 2. The molecule has 6 nitrogen and oxygen atoms in total. The maximum atomic E-state index is 12.1. The van der Waals surface area contributed by atoms with Crippen molar-refractivity contribution in [2.75, 3.05) is 44.7 Å². The summed E-state index contributed by atoms with van der Waals surface area (Å²) in [6.07, 6.45) is 7.43. The summed E-state index contributed by atoms with van der Waals surface area (Å²) < 4.78 is 0. The molecule has 2 amide bonds. The first-order valence-electron chi connectivity index (χ1n) is 10.7. The zero-order valence-electron chi connectivity index (χ0n) is 17.1. The minimum Gasteiger partial charge on any atom is -0.369 e. The molecule has 1 aliphatic carbocycles. The lowest BCUT2D eigenvalue weighted by atomic mass is 10.1. The van der Waals surface area contributed by atoms with Crippen molar-refractivity contribution in [3.05, 3.63) is 29.8 Å². The highest BCUT2D eigenvalue weighted by atomic mass is 16.2. The molecule has 0 bridgehead atoms. The van der Waals surface area contributed by atoms with Gasteiger partial charge in [0.1, 0.15) is 0 Å². The second kappa shape index (κ2) is 10.5. The van der Waals surface area contributed by atoms with Crippen molar-refractivity contribution in [1.82, 2.24) is 15.5 Å². The van der Waals surface area contributed by atoms with Gasteiger partial charge in [-0.3, -0.25) is 9.59 Å². The minimum atomic E-state index is -0.515. The molecule has 0 radical (unpaired) electrons. The lowest BCUT2D eigenvalue weighted by molar-refractivity contribution is -0.139. The lowest BCUT2D eigenvalue weighted by Gasteiger charge is -2.34. The zero-order valence-corrected chi connectivity index (χ0v) is 17.1. The van der Waals surface area contributed by atoms with Gasteiger partial charge in [-0.2, -0.15) is 0 Å². The normalized spacial score (nSPS) is 19.1. The van der Waals surface area contributed by atoms with Crippen LogP contribution in [0.15, 0.2) is 24.3 Å². The van der Waals surface area contributed by atoms with Crippen molar-refractivity contribution in [3.63, 3.8) is 0 Å². The van der Waals surface area contributed by atoms with E-state index in [4.69, 9.17) is 0 Å². The molecule has 3 rings (SSSR count). The third-order valence-corrected chi connectivity index (χ3v) is 5.90. The van der Waals surface area contributed by atoms with E-state index in [1.807, 2.05) is 0 Å². The van der Waals surface area contributed by atoms with Crippen LogP contribution in [0.1, 0.15) is 44.1 Å². The predicted molar refractivity (Wildman–Crippen MR) is 112 cm³/mol. The van der Waals surface area contributed by atoms with Crippen LogP contribution >= 0.6 is 0 Å². The van der Waals surface area contributed by atoms with Crippen molar-refractivity contribution in [2.24, 2.45) is 0 Å². The van der Waals surface area contributed by atoms with Crippen molar-refractivity contribution in [3.8, 4) is 0 Å². The number of hydrogen-bond acceptors (Lipinski definition) is 4. The van der Waals surface area contributed by atoms with Crippen molar-refractivity contribution in [2.45, 2.75) is 51.0 Å². The van der Waals surface area contributed by atoms with Gasteiger partial charge in [0, 0.05) is 44.5 Å². The van der Waals surface area contributed by atoms with Gasteiger partial charge in [0.05, 0.1) is 0 Å². The first-order chi connectivity index (χ1) is 13.6. The molecule has 1 aliphatic heterocycles. The number of hydrogen-bond donors (Lipinski definition) is 2. The molecule has 1 heterocycles. The third kappa shape index (κ3) is 6.23. The van der Waals surface area contributed by atoms with Gasteiger partial charge in [0.25, 0.3) is 0 Å². The number of amides is 2. The van der Waals surface area contributed by atoms with Gasteiger partial charge in [-0.1, -0.05) is 37.8 Å². The van der Waals surface area contributed by atoms with E-state index in [1.165, 1.54) is 24.1 Å². The fourth-order valence-corrected chi connectivity index (χ4v) is 4.01. The average Bonchev–Trinajstić information content (AvgIpc) is 2.98. The van der Waals surface area contributed by atoms with Crippen LogP contribution in [0.3, 0.4) is 0 Å². The Balaban J connectivity index is 1.38. The van der Waals surface area contributed by atoms with E-state index in [0.717, 1.165) is 58.3 Å². The largest absolute Gasteiger partial charge is 0.369 e. The number of rotatable bonds is 5. The number of carbonyl (C=O) groups excluding carboxylic acids is 2. The third-order valence-electron chi connectivity index (χ3n) is 5.90. The quantitative estimate of drug-likeness (QED) is 0.600. The summed E-state index contributed by atoms with van der Waals surface area (Å²) in [5.74, 6) is -1.00. The predicted octanol–water partition coefficient (Wildman–Crippen LogP) is 1.94. The van der Waals surface area contributed by atoms with E-state index in [0.29, 0.717) is 6.54 Å². The van der Waals surface area contributed by atoms with Crippen LogP contribution in [-0.2, 0) is 16.0 Å². The molecule has 0 aromatic heterocycles. The molecule has 2 fully saturated rings. The summed E-state index contributed by atoms with van der Waals surface area (Å²) >= 11 is 0. The van der Waals surface area contributed by atoms with Gasteiger partial charge in [-0.05, 0) is 44.0 Å². The van der Waals surface area contributed by atoms with E-state index in [2.05, 4.69) is 51.7 Å². The Morgan fingerprint density at radius 2 is 1.57 bits per heavy atom. The Hall–Kier alpha value is -2.08. The van der Waals surface area contributed by atoms with Crippen molar-refractivity contribution >= 4 is 17.5 Å². The number of likely N-dealkylation sites (N-methyl/N-ethyl adjacent to an activating group) is 1. The molecule has 0 spiro atoms. The Kier molecular flexibility index (Phi) is 7.71. The summed E-state index contributed by atoms with van der Waals surface area (Å²) in [4.78, 5) is 28.9. The Morgan fingerprint density at radius 3 is 2.21 bits per heavy atom. The molecule has 6 heteroatoms. The van der Waals surface area contributed by atoms with E-state index < -0.39 is 11.8 Å². The number of anilines is 1. The molecular weight excluding hydrogens is 352 g/mol. The van der Waals surface area contributed by atoms with Crippen LogP contribution in [0.25, 0.3) is 0 Å². The molecule has 1 saturated carbocycles. The summed E-state index contributed by atoms with van der Waals surface area (Å²) in [6, 6.07) is 8.70. The van der Waals surface area contributed by atoms with Gasteiger partial charge < -0.3 is 20.4 Å². The fourth-order valence-electron chi connectivity index (χ4n) is 4.01. The number of piperazine rings is 1. The van der Waals surface area contributed by atoms with Crippen LogP contribution in [0.5, 0.6) is 0 Å². The molecular formula is C22H34N4O2. The molecule has 1 saturated heterocycles. The van der Waals surface area contributed by atoms with Crippen molar-refractivity contribution in [1.29, 1.82) is 0 Å². The van der Waals surface area contributed by atoms with Gasteiger partial charge >= 0.3 is 11.8 Å². The smallest absolute Gasteiger partial charge is 0.309 e. The van der Waals surface area contributed by atoms with E-state index in [1.54, 1.807) is 0 Å². The Bertz CT molecular complexity index is 630. The van der Waals surface area contributed by atoms with Crippen LogP contribution in [0.4, 0.5) is 5.69 Å². The molecule has 154 valence electrons. The maximum Gasteiger partial charge on any atom is 0.309 e. The maximum absolute atomic E-state index is 12.1. The van der Waals surface area contributed by atoms with E-state index in [-0.39, 0.29) is 6.04 Å². The monoisotopic (exact) mass is 386 g/mol. The molecule has 0 atom stereocenters. The SMILES string of the molecule is CN1CCN(c2ccc(CCNC(=O)C(=O)NC3CCCCCC3)cc2)CC1. The molecule has 28 heavy (non-hydrogen) atoms. The highest BCUT2D eigenvalue weighted by Crippen LogP contribution is 2.18. The number of benzene rings is 1. The van der Waals surface area contributed by atoms with Crippen LogP contribution in [0, 0.1) is 0 Å². The molecule has 2 N–H and O–H groups in total. The highest BCUT2D eigenvalue weighted by Gasteiger charge is 2.19. The summed E-state index contributed by atoms with van der Waals surface area (Å²) in [5, 5.41) is 5.65. The zero-order chi connectivity index (χ0) is 19.8. The molecule has 1 aromatic rings. The fraction of sp³-hybridized carbons (Fsp3) is 0.636. The number of nitrogens with zero attached hydrogens (tertiary/aromatic N) is 2. The first-order valence-corrected chi connectivity index (χ1v) is 10.7. The molecule has 0 unspecified atom stereocenters. The minimum absolute atomic E-state index is 0.155. The highest BCUT2D eigenvalue weighted by molar-refractivity contribution is 6.35. The van der Waals surface area contributed by atoms with Crippen LogP contribution in [0.2, 0.25) is 0 Å². The Morgan fingerprint density at radius 1 is 0.929 bits per heavy atom. The topological polar surface area (TPSA) is 64.7 Å². The van der Waals surface area contributed by atoms with E-state index >= 15 is 0 Å². The second-order valence-electron chi connectivity index (χ2n) is 8.12. The van der Waals surface area contributed by atoms with Gasteiger partial charge in [0.2, 0.25) is 0 Å². The van der Waals surface area contributed by atoms with Gasteiger partial charge in [0.15, 0.2) is 0 Å². The first kappa shape index (κ1) is 20.6. The van der Waals surface area contributed by atoms with Gasteiger partial charge in [-0.25, -0.2) is 0 Å². The Labute approximate surface area is 168 Å². The van der Waals surface area contributed by atoms with E-state index in [9.17, 15) is 9.59 Å². The standard InChI is InChI=1S/C22H34N4O2/c1-25-14-16-26(17-15-25)20-10-8-18(9-11-20)12-13-23-21(27)22(28)24-19-6-4-2-3-5-7-19/h8-11,19H,2-7,12-17H2,1H3,(H,23,27)(H,24,28). The second-order valence-corrected chi connectivity index (χ2v) is 8.12. The molecule has 2 aliphatic rings. The summed E-state index contributed by atoms with van der Waals surface area (Å²) in [5.41, 5.74) is 2.42. The van der Waals surface area contributed by atoms with Gasteiger partial charge in [-0.15, -0.1) is 0 Å². The van der Waals surface area contributed by atoms with Crippen LogP contribution < -0.4 is 15.5 Å². The summed E-state index contributed by atoms with van der Waals surface area (Å²) in [6.45, 7) is 4.78. The van der Waals surface area contributed by atoms with Crippen LogP contribution in [-0.4, -0.2) is 62.5 Å². The van der Waals surface area contributed by atoms with Crippen molar-refractivity contribution < 1.29 is 9.59 Å². The molecule has 1 aromatic carbocycles. The average molecular weight is 387 g/mol. The summed E-state index contributed by atoms with van der Waals surface area (Å²) in [7, 11) is 2.16.